The number of carbonyl (C=O) groups is 1. The lowest BCUT2D eigenvalue weighted by molar-refractivity contribution is -0.385. The first kappa shape index (κ1) is 17.0. The van der Waals surface area contributed by atoms with Crippen molar-refractivity contribution in [2.75, 3.05) is 0 Å². The molecular weight excluding hydrogens is 366 g/mol. The summed E-state index contributed by atoms with van der Waals surface area (Å²) < 4.78 is 11.3. The molecule has 0 aromatic heterocycles. The van der Waals surface area contributed by atoms with Crippen LogP contribution in [0.3, 0.4) is 0 Å². The van der Waals surface area contributed by atoms with Crippen LogP contribution in [-0.2, 0) is 0 Å². The van der Waals surface area contributed by atoms with E-state index in [4.69, 9.17) is 9.47 Å². The second-order valence-corrected chi connectivity index (χ2v) is 5.78. The molecule has 0 heterocycles. The smallest absolute Gasteiger partial charge is 0.343 e. The second-order valence-electron chi connectivity index (χ2n) is 4.93. The Morgan fingerprint density at radius 3 is 2.48 bits per heavy atom. The summed E-state index contributed by atoms with van der Waals surface area (Å²) in [5.41, 5.74) is -0.00851. The molecule has 120 valence electrons. The summed E-state index contributed by atoms with van der Waals surface area (Å²) in [6, 6.07) is 10.4. The van der Waals surface area contributed by atoms with Crippen molar-refractivity contribution in [3.05, 3.63) is 62.6 Å². The number of esters is 1. The summed E-state index contributed by atoms with van der Waals surface area (Å²) in [5.74, 6) is -0.181. The Kier molecular flexibility index (Phi) is 5.33. The standard InChI is InChI=1S/C16H14BrNO5/c1-10(2)22-14-8-7-11(9-12(14)17)16(19)23-15-6-4-3-5-13(15)18(20)21/h3-10H,1-2H3. The van der Waals surface area contributed by atoms with Crippen LogP contribution < -0.4 is 9.47 Å². The van der Waals surface area contributed by atoms with Crippen LogP contribution in [0.4, 0.5) is 5.69 Å². The number of rotatable bonds is 5. The largest absolute Gasteiger partial charge is 0.490 e. The van der Waals surface area contributed by atoms with Crippen LogP contribution in [0, 0.1) is 10.1 Å². The molecule has 0 atom stereocenters. The SMILES string of the molecule is CC(C)Oc1ccc(C(=O)Oc2ccccc2[N+](=O)[O-])cc1Br. The van der Waals surface area contributed by atoms with Gasteiger partial charge < -0.3 is 9.47 Å². The Morgan fingerprint density at radius 1 is 1.17 bits per heavy atom. The van der Waals surface area contributed by atoms with Crippen LogP contribution in [0.25, 0.3) is 0 Å². The van der Waals surface area contributed by atoms with Gasteiger partial charge >= 0.3 is 11.7 Å². The average Bonchev–Trinajstić information content (AvgIpc) is 2.49. The molecule has 23 heavy (non-hydrogen) atoms. The van der Waals surface area contributed by atoms with E-state index in [9.17, 15) is 14.9 Å². The highest BCUT2D eigenvalue weighted by atomic mass is 79.9. The molecular formula is C16H14BrNO5. The number of para-hydroxylation sites is 2. The lowest BCUT2D eigenvalue weighted by atomic mass is 10.2. The molecule has 7 heteroatoms. The summed E-state index contributed by atoms with van der Waals surface area (Å²) in [6.07, 6.45) is -0.00364. The molecule has 0 fully saturated rings. The third-order valence-corrected chi connectivity index (χ3v) is 3.41. The zero-order valence-electron chi connectivity index (χ0n) is 12.5. The zero-order chi connectivity index (χ0) is 17.0. The Morgan fingerprint density at radius 2 is 1.87 bits per heavy atom. The fourth-order valence-electron chi connectivity index (χ4n) is 1.83. The summed E-state index contributed by atoms with van der Waals surface area (Å²) in [5, 5.41) is 10.9. The predicted octanol–water partition coefficient (Wildman–Crippen LogP) is 4.36. The van der Waals surface area contributed by atoms with Gasteiger partial charge in [-0.2, -0.15) is 0 Å². The number of hydrogen-bond acceptors (Lipinski definition) is 5. The first-order valence-corrected chi connectivity index (χ1v) is 7.59. The fourth-order valence-corrected chi connectivity index (χ4v) is 2.30. The molecule has 0 N–H and O–H groups in total. The van der Waals surface area contributed by atoms with E-state index in [1.807, 2.05) is 13.8 Å². The summed E-state index contributed by atoms with van der Waals surface area (Å²) in [7, 11) is 0. The molecule has 6 nitrogen and oxygen atoms in total. The van der Waals surface area contributed by atoms with Crippen LogP contribution in [0.5, 0.6) is 11.5 Å². The summed E-state index contributed by atoms with van der Waals surface area (Å²) in [4.78, 5) is 22.5. The van der Waals surface area contributed by atoms with Gasteiger partial charge in [0.1, 0.15) is 5.75 Å². The minimum Gasteiger partial charge on any atom is -0.490 e. The molecule has 0 radical (unpaired) electrons. The molecule has 0 unspecified atom stereocenters. The fraction of sp³-hybridized carbons (Fsp3) is 0.188. The number of nitrogens with zero attached hydrogens (tertiary/aromatic N) is 1. The van der Waals surface area contributed by atoms with Gasteiger partial charge in [-0.15, -0.1) is 0 Å². The Bertz CT molecular complexity index is 745. The van der Waals surface area contributed by atoms with E-state index >= 15 is 0 Å². The van der Waals surface area contributed by atoms with Crippen molar-refractivity contribution in [3.63, 3.8) is 0 Å². The van der Waals surface area contributed by atoms with E-state index in [2.05, 4.69) is 15.9 Å². The average molecular weight is 380 g/mol. The first-order valence-electron chi connectivity index (χ1n) is 6.80. The number of benzene rings is 2. The van der Waals surface area contributed by atoms with Crippen molar-refractivity contribution in [3.8, 4) is 11.5 Å². The molecule has 0 saturated heterocycles. The van der Waals surface area contributed by atoms with Gasteiger partial charge in [0.2, 0.25) is 5.75 Å². The number of nitro benzene ring substituents is 1. The molecule has 0 saturated carbocycles. The molecule has 2 rings (SSSR count). The molecule has 0 amide bonds. The topological polar surface area (TPSA) is 78.7 Å². The number of hydrogen-bond donors (Lipinski definition) is 0. The third-order valence-electron chi connectivity index (χ3n) is 2.79. The third kappa shape index (κ3) is 4.29. The molecule has 2 aromatic carbocycles. The highest BCUT2D eigenvalue weighted by molar-refractivity contribution is 9.10. The van der Waals surface area contributed by atoms with Gasteiger partial charge in [0.15, 0.2) is 0 Å². The van der Waals surface area contributed by atoms with Gasteiger partial charge in [-0.1, -0.05) is 12.1 Å². The van der Waals surface area contributed by atoms with Crippen molar-refractivity contribution in [2.24, 2.45) is 0 Å². The van der Waals surface area contributed by atoms with Crippen molar-refractivity contribution in [1.82, 2.24) is 0 Å². The van der Waals surface area contributed by atoms with E-state index in [1.54, 1.807) is 24.3 Å². The van der Waals surface area contributed by atoms with E-state index < -0.39 is 10.9 Å². The lowest BCUT2D eigenvalue weighted by Crippen LogP contribution is -2.11. The maximum absolute atomic E-state index is 12.2. The maximum atomic E-state index is 12.2. The molecule has 0 aliphatic heterocycles. The normalized spacial score (nSPS) is 10.4. The number of carbonyl (C=O) groups excluding carboxylic acids is 1. The van der Waals surface area contributed by atoms with Crippen LogP contribution in [-0.4, -0.2) is 17.0 Å². The summed E-state index contributed by atoms with van der Waals surface area (Å²) in [6.45, 7) is 3.78. The highest BCUT2D eigenvalue weighted by Gasteiger charge is 2.19. The van der Waals surface area contributed by atoms with E-state index in [1.165, 1.54) is 18.2 Å². The van der Waals surface area contributed by atoms with Gasteiger partial charge in [0.25, 0.3) is 0 Å². The van der Waals surface area contributed by atoms with Crippen LogP contribution >= 0.6 is 15.9 Å². The van der Waals surface area contributed by atoms with E-state index in [-0.39, 0.29) is 23.1 Å². The first-order chi connectivity index (χ1) is 10.9. The van der Waals surface area contributed by atoms with E-state index in [0.29, 0.717) is 10.2 Å². The number of halogens is 1. The second kappa shape index (κ2) is 7.23. The number of ether oxygens (including phenoxy) is 2. The quantitative estimate of drug-likeness (QED) is 0.333. The minimum atomic E-state index is -0.684. The van der Waals surface area contributed by atoms with Gasteiger partial charge in [-0.05, 0) is 54.0 Å². The van der Waals surface area contributed by atoms with Crippen LogP contribution in [0.2, 0.25) is 0 Å². The minimum absolute atomic E-state index is 0.00364. The van der Waals surface area contributed by atoms with Gasteiger partial charge in [0, 0.05) is 6.07 Å². The lowest BCUT2D eigenvalue weighted by Gasteiger charge is -2.12. The Labute approximate surface area is 141 Å². The Hall–Kier alpha value is -2.41. The maximum Gasteiger partial charge on any atom is 0.343 e. The molecule has 0 spiro atoms. The highest BCUT2D eigenvalue weighted by Crippen LogP contribution is 2.29. The van der Waals surface area contributed by atoms with Crippen LogP contribution in [0.1, 0.15) is 24.2 Å². The van der Waals surface area contributed by atoms with Crippen LogP contribution in [0.15, 0.2) is 46.9 Å². The molecule has 0 aliphatic carbocycles. The number of nitro groups is 1. The zero-order valence-corrected chi connectivity index (χ0v) is 14.1. The van der Waals surface area contributed by atoms with Crippen molar-refractivity contribution in [2.45, 2.75) is 20.0 Å². The Balaban J connectivity index is 2.22. The van der Waals surface area contributed by atoms with Crippen molar-refractivity contribution in [1.29, 1.82) is 0 Å². The predicted molar refractivity (Wildman–Crippen MR) is 88.0 cm³/mol. The summed E-state index contributed by atoms with van der Waals surface area (Å²) >= 11 is 3.33. The van der Waals surface area contributed by atoms with Gasteiger partial charge in [-0.25, -0.2) is 4.79 Å². The van der Waals surface area contributed by atoms with Gasteiger partial charge in [-0.3, -0.25) is 10.1 Å². The molecule has 0 aliphatic rings. The molecule has 0 bridgehead atoms. The van der Waals surface area contributed by atoms with Crippen molar-refractivity contribution >= 4 is 27.6 Å². The van der Waals surface area contributed by atoms with E-state index in [0.717, 1.165) is 0 Å². The van der Waals surface area contributed by atoms with Gasteiger partial charge in [0.05, 0.1) is 21.1 Å². The monoisotopic (exact) mass is 379 g/mol. The van der Waals surface area contributed by atoms with Crippen molar-refractivity contribution < 1.29 is 19.2 Å². The molecule has 2 aromatic rings.